The van der Waals surface area contributed by atoms with E-state index in [2.05, 4.69) is 0 Å². The standard InChI is InChI=1S/C14H13NO3S2/c1-8-4-9(13(15)16)2-3-10(8)6-19-11-5-12(14(17)18)20-7-11/h2-5,7H,6H2,1H3,(H2,15,16)(H,17,18). The molecule has 6 heteroatoms. The first-order chi connectivity index (χ1) is 9.47. The molecule has 0 saturated carbocycles. The zero-order chi connectivity index (χ0) is 14.7. The quantitative estimate of drug-likeness (QED) is 0.832. The van der Waals surface area contributed by atoms with Crippen LogP contribution in [0.2, 0.25) is 0 Å². The van der Waals surface area contributed by atoms with Gasteiger partial charge in [-0.05, 0) is 36.2 Å². The molecule has 0 atom stereocenters. The number of benzene rings is 1. The molecule has 0 aliphatic heterocycles. The average molecular weight is 307 g/mol. The van der Waals surface area contributed by atoms with Crippen molar-refractivity contribution in [3.05, 3.63) is 51.2 Å². The fourth-order valence-corrected chi connectivity index (χ4v) is 3.62. The summed E-state index contributed by atoms with van der Waals surface area (Å²) in [5, 5.41) is 10.7. The van der Waals surface area contributed by atoms with E-state index in [0.717, 1.165) is 21.8 Å². The maximum Gasteiger partial charge on any atom is 0.345 e. The van der Waals surface area contributed by atoms with Crippen LogP contribution in [0.5, 0.6) is 0 Å². The van der Waals surface area contributed by atoms with Gasteiger partial charge < -0.3 is 10.8 Å². The number of thioether (sulfide) groups is 1. The van der Waals surface area contributed by atoms with Gasteiger partial charge in [-0.1, -0.05) is 6.07 Å². The third-order valence-corrected chi connectivity index (χ3v) is 4.90. The number of carbonyl (C=O) groups excluding carboxylic acids is 1. The SMILES string of the molecule is Cc1cc(C(N)=O)ccc1CSc1csc(C(=O)O)c1. The summed E-state index contributed by atoms with van der Waals surface area (Å²) in [6.45, 7) is 1.93. The largest absolute Gasteiger partial charge is 0.477 e. The van der Waals surface area contributed by atoms with Crippen molar-refractivity contribution in [1.82, 2.24) is 0 Å². The number of hydrogen-bond acceptors (Lipinski definition) is 4. The highest BCUT2D eigenvalue weighted by molar-refractivity contribution is 7.98. The number of primary amides is 1. The first-order valence-corrected chi connectivity index (χ1v) is 7.68. The minimum atomic E-state index is -0.899. The van der Waals surface area contributed by atoms with Crippen molar-refractivity contribution in [3.8, 4) is 0 Å². The lowest BCUT2D eigenvalue weighted by molar-refractivity contribution is 0.0701. The number of aryl methyl sites for hydroxylation is 1. The van der Waals surface area contributed by atoms with Crippen molar-refractivity contribution in [2.45, 2.75) is 17.6 Å². The van der Waals surface area contributed by atoms with Gasteiger partial charge in [-0.3, -0.25) is 4.79 Å². The first kappa shape index (κ1) is 14.6. The van der Waals surface area contributed by atoms with Crippen LogP contribution >= 0.6 is 23.1 Å². The highest BCUT2D eigenvalue weighted by Crippen LogP contribution is 2.28. The van der Waals surface area contributed by atoms with Gasteiger partial charge in [-0.15, -0.1) is 23.1 Å². The van der Waals surface area contributed by atoms with E-state index in [9.17, 15) is 9.59 Å². The lowest BCUT2D eigenvalue weighted by atomic mass is 10.1. The highest BCUT2D eigenvalue weighted by Gasteiger charge is 2.08. The van der Waals surface area contributed by atoms with E-state index < -0.39 is 11.9 Å². The van der Waals surface area contributed by atoms with Gasteiger partial charge in [0.25, 0.3) is 0 Å². The number of hydrogen-bond donors (Lipinski definition) is 2. The molecule has 104 valence electrons. The Morgan fingerprint density at radius 3 is 2.65 bits per heavy atom. The highest BCUT2D eigenvalue weighted by atomic mass is 32.2. The maximum atomic E-state index is 11.1. The van der Waals surface area contributed by atoms with E-state index in [-0.39, 0.29) is 0 Å². The normalized spacial score (nSPS) is 10.4. The molecule has 1 amide bonds. The molecule has 0 fully saturated rings. The van der Waals surface area contributed by atoms with E-state index in [4.69, 9.17) is 10.8 Å². The van der Waals surface area contributed by atoms with Gasteiger partial charge in [0.05, 0.1) is 0 Å². The van der Waals surface area contributed by atoms with Crippen LogP contribution in [0, 0.1) is 6.92 Å². The third kappa shape index (κ3) is 3.40. The van der Waals surface area contributed by atoms with E-state index in [1.54, 1.807) is 30.0 Å². The van der Waals surface area contributed by atoms with Crippen molar-refractivity contribution in [3.63, 3.8) is 0 Å². The van der Waals surface area contributed by atoms with Crippen molar-refractivity contribution in [2.24, 2.45) is 5.73 Å². The van der Waals surface area contributed by atoms with Crippen LogP contribution in [0.15, 0.2) is 34.5 Å². The number of carbonyl (C=O) groups is 2. The second-order valence-electron chi connectivity index (χ2n) is 4.25. The fraction of sp³-hybridized carbons (Fsp3) is 0.143. The third-order valence-electron chi connectivity index (χ3n) is 2.81. The Bertz CT molecular complexity index is 664. The van der Waals surface area contributed by atoms with Crippen molar-refractivity contribution in [1.29, 1.82) is 0 Å². The molecule has 0 bridgehead atoms. The predicted molar refractivity (Wildman–Crippen MR) is 80.5 cm³/mol. The van der Waals surface area contributed by atoms with E-state index >= 15 is 0 Å². The van der Waals surface area contributed by atoms with Gasteiger partial charge in [0, 0.05) is 21.6 Å². The summed E-state index contributed by atoms with van der Waals surface area (Å²) < 4.78 is 0. The van der Waals surface area contributed by atoms with Crippen molar-refractivity contribution < 1.29 is 14.7 Å². The van der Waals surface area contributed by atoms with Crippen LogP contribution in [0.25, 0.3) is 0 Å². The average Bonchev–Trinajstić information content (AvgIpc) is 2.86. The zero-order valence-electron chi connectivity index (χ0n) is 10.8. The van der Waals surface area contributed by atoms with Crippen LogP contribution in [0.1, 0.15) is 31.2 Å². The Balaban J connectivity index is 2.06. The number of thiophene rings is 1. The molecule has 3 N–H and O–H groups in total. The number of aromatic carboxylic acids is 1. The number of nitrogens with two attached hydrogens (primary N) is 1. The minimum absolute atomic E-state index is 0.341. The van der Waals surface area contributed by atoms with Crippen LogP contribution in [-0.2, 0) is 5.75 Å². The van der Waals surface area contributed by atoms with Gasteiger partial charge in [0.1, 0.15) is 4.88 Å². The molecule has 1 heterocycles. The Morgan fingerprint density at radius 2 is 2.10 bits per heavy atom. The second-order valence-corrected chi connectivity index (χ2v) is 6.21. The summed E-state index contributed by atoms with van der Waals surface area (Å²) in [6, 6.07) is 7.04. The summed E-state index contributed by atoms with van der Waals surface area (Å²) in [7, 11) is 0. The van der Waals surface area contributed by atoms with E-state index in [0.29, 0.717) is 10.4 Å². The molecule has 0 saturated heterocycles. The second kappa shape index (κ2) is 6.11. The summed E-state index contributed by atoms with van der Waals surface area (Å²) in [5.41, 5.74) is 7.83. The summed E-state index contributed by atoms with van der Waals surface area (Å²) in [6.07, 6.45) is 0. The lowest BCUT2D eigenvalue weighted by Gasteiger charge is -2.06. The Morgan fingerprint density at radius 1 is 1.35 bits per heavy atom. The summed E-state index contributed by atoms with van der Waals surface area (Å²) >= 11 is 2.79. The molecule has 1 aromatic carbocycles. The van der Waals surface area contributed by atoms with E-state index in [1.807, 2.05) is 18.4 Å². The van der Waals surface area contributed by atoms with Crippen LogP contribution in [-0.4, -0.2) is 17.0 Å². The van der Waals surface area contributed by atoms with Gasteiger partial charge in [0.2, 0.25) is 5.91 Å². The molecule has 0 unspecified atom stereocenters. The summed E-state index contributed by atoms with van der Waals surface area (Å²) in [5.74, 6) is -0.610. The zero-order valence-corrected chi connectivity index (χ0v) is 12.4. The first-order valence-electron chi connectivity index (χ1n) is 5.81. The van der Waals surface area contributed by atoms with Gasteiger partial charge in [0.15, 0.2) is 0 Å². The minimum Gasteiger partial charge on any atom is -0.477 e. The molecule has 1 aromatic heterocycles. The molecular formula is C14H13NO3S2. The maximum absolute atomic E-state index is 11.1. The number of carboxylic acid groups (broad SMARTS) is 1. The molecule has 0 spiro atoms. The lowest BCUT2D eigenvalue weighted by Crippen LogP contribution is -2.11. The number of rotatable bonds is 5. The molecule has 20 heavy (non-hydrogen) atoms. The molecule has 0 aliphatic rings. The smallest absolute Gasteiger partial charge is 0.345 e. The van der Waals surface area contributed by atoms with Crippen molar-refractivity contribution in [2.75, 3.05) is 0 Å². The Hall–Kier alpha value is -1.79. The molecular weight excluding hydrogens is 294 g/mol. The molecule has 4 nitrogen and oxygen atoms in total. The van der Waals surface area contributed by atoms with E-state index in [1.165, 1.54) is 11.3 Å². The van der Waals surface area contributed by atoms with Crippen LogP contribution < -0.4 is 5.73 Å². The number of carboxylic acids is 1. The Kier molecular flexibility index (Phi) is 4.46. The molecule has 2 rings (SSSR count). The Labute approximate surface area is 124 Å². The van der Waals surface area contributed by atoms with Gasteiger partial charge in [-0.2, -0.15) is 0 Å². The fourth-order valence-electron chi connectivity index (χ4n) is 1.68. The molecule has 2 aromatic rings. The van der Waals surface area contributed by atoms with Gasteiger partial charge in [-0.25, -0.2) is 4.79 Å². The monoisotopic (exact) mass is 307 g/mol. The molecule has 0 aliphatic carbocycles. The number of amides is 1. The predicted octanol–water partition coefficient (Wildman–Crippen LogP) is 3.15. The van der Waals surface area contributed by atoms with Crippen molar-refractivity contribution >= 4 is 35.0 Å². The van der Waals surface area contributed by atoms with Gasteiger partial charge >= 0.3 is 5.97 Å². The summed E-state index contributed by atoms with van der Waals surface area (Å²) in [4.78, 5) is 23.2. The molecule has 0 radical (unpaired) electrons. The van der Waals surface area contributed by atoms with Crippen LogP contribution in [0.4, 0.5) is 0 Å². The van der Waals surface area contributed by atoms with Crippen LogP contribution in [0.3, 0.4) is 0 Å². The topological polar surface area (TPSA) is 80.4 Å².